The van der Waals surface area contributed by atoms with Gasteiger partial charge in [-0.05, 0) is 32.3 Å². The Morgan fingerprint density at radius 1 is 1.10 bits per heavy atom. The number of aromatic carboxylic acids is 1. The summed E-state index contributed by atoms with van der Waals surface area (Å²) >= 11 is 0. The minimum atomic E-state index is -0.959. The third-order valence-corrected chi connectivity index (χ3v) is 4.45. The molecule has 0 spiro atoms. The Labute approximate surface area is 123 Å². The second-order valence-corrected chi connectivity index (χ2v) is 5.70. The maximum atomic E-state index is 11.3. The molecule has 0 radical (unpaired) electrons. The fourth-order valence-corrected chi connectivity index (χ4v) is 3.17. The first-order chi connectivity index (χ1) is 10.0. The number of carboxylic acids is 1. The van der Waals surface area contributed by atoms with E-state index in [1.54, 1.807) is 13.8 Å². The van der Waals surface area contributed by atoms with Gasteiger partial charge in [0.15, 0.2) is 0 Å². The second-order valence-electron chi connectivity index (χ2n) is 5.70. The van der Waals surface area contributed by atoms with Crippen LogP contribution in [0.3, 0.4) is 0 Å². The van der Waals surface area contributed by atoms with Crippen LogP contribution in [0.4, 0.5) is 0 Å². The molecule has 0 aliphatic heterocycles. The predicted molar refractivity (Wildman–Crippen MR) is 79.5 cm³/mol. The normalized spacial score (nSPS) is 16.3. The van der Waals surface area contributed by atoms with Crippen LogP contribution in [0.15, 0.2) is 30.3 Å². The van der Waals surface area contributed by atoms with Crippen molar-refractivity contribution in [3.63, 3.8) is 0 Å². The van der Waals surface area contributed by atoms with E-state index in [0.29, 0.717) is 11.4 Å². The highest BCUT2D eigenvalue weighted by molar-refractivity contribution is 5.89. The van der Waals surface area contributed by atoms with Crippen molar-refractivity contribution in [1.29, 1.82) is 0 Å². The number of aryl methyl sites for hydroxylation is 2. The first-order valence-corrected chi connectivity index (χ1v) is 7.19. The van der Waals surface area contributed by atoms with E-state index in [9.17, 15) is 9.90 Å². The summed E-state index contributed by atoms with van der Waals surface area (Å²) in [6.45, 7) is 3.50. The summed E-state index contributed by atoms with van der Waals surface area (Å²) in [6, 6.07) is 10.3. The topological polar surface area (TPSA) is 63.1 Å². The van der Waals surface area contributed by atoms with Gasteiger partial charge < -0.3 is 5.11 Å². The van der Waals surface area contributed by atoms with Gasteiger partial charge in [-0.1, -0.05) is 36.8 Å². The molecule has 1 N–H and O–H groups in total. The van der Waals surface area contributed by atoms with Crippen LogP contribution in [-0.2, 0) is 5.41 Å². The number of aromatic nitrogens is 2. The number of carboxylic acid groups (broad SMARTS) is 1. The van der Waals surface area contributed by atoms with Gasteiger partial charge in [0.05, 0.1) is 16.8 Å². The highest BCUT2D eigenvalue weighted by atomic mass is 16.4. The van der Waals surface area contributed by atoms with E-state index >= 15 is 0 Å². The zero-order valence-electron chi connectivity index (χ0n) is 12.3. The van der Waals surface area contributed by atoms with Crippen LogP contribution in [0.25, 0.3) is 0 Å². The van der Waals surface area contributed by atoms with Crippen molar-refractivity contribution < 1.29 is 9.90 Å². The van der Waals surface area contributed by atoms with Crippen molar-refractivity contribution in [1.82, 2.24) is 9.97 Å². The summed E-state index contributed by atoms with van der Waals surface area (Å²) in [4.78, 5) is 20.3. The summed E-state index contributed by atoms with van der Waals surface area (Å²) in [6.07, 6.45) is 3.18. The highest BCUT2D eigenvalue weighted by Gasteiger charge is 2.43. The Kier molecular flexibility index (Phi) is 3.24. The lowest BCUT2D eigenvalue weighted by Gasteiger charge is -2.41. The summed E-state index contributed by atoms with van der Waals surface area (Å²) in [5, 5.41) is 9.25. The quantitative estimate of drug-likeness (QED) is 0.938. The lowest BCUT2D eigenvalue weighted by atomic mass is 9.63. The van der Waals surface area contributed by atoms with Gasteiger partial charge in [0, 0.05) is 0 Å². The van der Waals surface area contributed by atoms with Crippen molar-refractivity contribution in [2.45, 2.75) is 38.5 Å². The van der Waals surface area contributed by atoms with E-state index in [0.717, 1.165) is 25.1 Å². The molecule has 1 aromatic heterocycles. The first-order valence-electron chi connectivity index (χ1n) is 7.19. The molecular formula is C17H18N2O2. The molecule has 4 heteroatoms. The molecule has 1 heterocycles. The van der Waals surface area contributed by atoms with Crippen LogP contribution in [0.5, 0.6) is 0 Å². The van der Waals surface area contributed by atoms with Crippen molar-refractivity contribution >= 4 is 5.97 Å². The highest BCUT2D eigenvalue weighted by Crippen LogP contribution is 2.47. The van der Waals surface area contributed by atoms with Crippen LogP contribution < -0.4 is 0 Å². The largest absolute Gasteiger partial charge is 0.478 e. The lowest BCUT2D eigenvalue weighted by molar-refractivity contribution is 0.0694. The molecule has 4 nitrogen and oxygen atoms in total. The van der Waals surface area contributed by atoms with Crippen molar-refractivity contribution in [3.8, 4) is 0 Å². The number of hydrogen-bond donors (Lipinski definition) is 1. The summed E-state index contributed by atoms with van der Waals surface area (Å²) < 4.78 is 0. The fourth-order valence-electron chi connectivity index (χ4n) is 3.17. The SMILES string of the molecule is Cc1nc(C2(c3ccccc3)CCC2)nc(C)c1C(=O)O. The molecule has 0 unspecified atom stereocenters. The molecule has 108 valence electrons. The summed E-state index contributed by atoms with van der Waals surface area (Å²) in [7, 11) is 0. The third-order valence-electron chi connectivity index (χ3n) is 4.45. The van der Waals surface area contributed by atoms with Crippen LogP contribution in [-0.4, -0.2) is 21.0 Å². The van der Waals surface area contributed by atoms with Crippen LogP contribution in [0.1, 0.15) is 52.4 Å². The Hall–Kier alpha value is -2.23. The minimum absolute atomic E-state index is 0.145. The van der Waals surface area contributed by atoms with Crippen LogP contribution >= 0.6 is 0 Å². The molecule has 1 aliphatic rings. The monoisotopic (exact) mass is 282 g/mol. The molecule has 0 amide bonds. The lowest BCUT2D eigenvalue weighted by Crippen LogP contribution is -2.38. The molecule has 1 fully saturated rings. The van der Waals surface area contributed by atoms with Crippen molar-refractivity contribution in [3.05, 3.63) is 58.7 Å². The van der Waals surface area contributed by atoms with Gasteiger partial charge >= 0.3 is 5.97 Å². The molecule has 3 rings (SSSR count). The Bertz CT molecular complexity index is 668. The third kappa shape index (κ3) is 2.11. The number of hydrogen-bond acceptors (Lipinski definition) is 3. The van der Waals surface area contributed by atoms with Crippen LogP contribution in [0, 0.1) is 13.8 Å². The number of carbonyl (C=O) groups is 1. The molecule has 21 heavy (non-hydrogen) atoms. The van der Waals surface area contributed by atoms with E-state index in [1.807, 2.05) is 18.2 Å². The summed E-state index contributed by atoms with van der Waals surface area (Å²) in [5.74, 6) is -0.195. The molecule has 1 aliphatic carbocycles. The van der Waals surface area contributed by atoms with Gasteiger partial charge in [-0.2, -0.15) is 0 Å². The Balaban J connectivity index is 2.13. The van der Waals surface area contributed by atoms with Gasteiger partial charge in [0.25, 0.3) is 0 Å². The van der Waals surface area contributed by atoms with E-state index in [4.69, 9.17) is 0 Å². The van der Waals surface area contributed by atoms with Gasteiger partial charge in [-0.25, -0.2) is 14.8 Å². The average Bonchev–Trinajstić information content (AvgIpc) is 2.37. The first kappa shape index (κ1) is 13.7. The average molecular weight is 282 g/mol. The number of rotatable bonds is 3. The van der Waals surface area contributed by atoms with Crippen molar-refractivity contribution in [2.75, 3.05) is 0 Å². The maximum Gasteiger partial charge on any atom is 0.339 e. The zero-order valence-corrected chi connectivity index (χ0v) is 12.3. The standard InChI is InChI=1S/C17H18N2O2/c1-11-14(15(20)21)12(2)19-16(18-11)17(9-6-10-17)13-7-4-3-5-8-13/h3-5,7-8H,6,9-10H2,1-2H3,(H,20,21). The fraction of sp³-hybridized carbons (Fsp3) is 0.353. The Morgan fingerprint density at radius 3 is 2.10 bits per heavy atom. The van der Waals surface area contributed by atoms with E-state index in [1.165, 1.54) is 5.56 Å². The molecule has 1 saturated carbocycles. The van der Waals surface area contributed by atoms with E-state index in [2.05, 4.69) is 22.1 Å². The summed E-state index contributed by atoms with van der Waals surface area (Å²) in [5.41, 5.74) is 2.40. The molecule has 0 saturated heterocycles. The van der Waals surface area contributed by atoms with Crippen LogP contribution in [0.2, 0.25) is 0 Å². The number of nitrogens with zero attached hydrogens (tertiary/aromatic N) is 2. The molecule has 0 atom stereocenters. The molecule has 0 bridgehead atoms. The van der Waals surface area contributed by atoms with Crippen molar-refractivity contribution in [2.24, 2.45) is 0 Å². The zero-order chi connectivity index (χ0) is 15.0. The Morgan fingerprint density at radius 2 is 1.67 bits per heavy atom. The van der Waals surface area contributed by atoms with Gasteiger partial charge in [-0.3, -0.25) is 0 Å². The van der Waals surface area contributed by atoms with Gasteiger partial charge in [0.2, 0.25) is 0 Å². The van der Waals surface area contributed by atoms with Gasteiger partial charge in [-0.15, -0.1) is 0 Å². The molecular weight excluding hydrogens is 264 g/mol. The molecule has 2 aromatic rings. The predicted octanol–water partition coefficient (Wildman–Crippen LogP) is 3.26. The van der Waals surface area contributed by atoms with Gasteiger partial charge in [0.1, 0.15) is 11.4 Å². The van der Waals surface area contributed by atoms with E-state index in [-0.39, 0.29) is 11.0 Å². The smallest absolute Gasteiger partial charge is 0.339 e. The maximum absolute atomic E-state index is 11.3. The number of benzene rings is 1. The second kappa shape index (κ2) is 4.95. The molecule has 1 aromatic carbocycles. The minimum Gasteiger partial charge on any atom is -0.478 e. The van der Waals surface area contributed by atoms with E-state index < -0.39 is 5.97 Å².